The molecule has 1 N–H and O–H groups in total. The zero-order chi connectivity index (χ0) is 14.5. The van der Waals surface area contributed by atoms with Gasteiger partial charge >= 0.3 is 0 Å². The molecule has 0 fully saturated rings. The van der Waals surface area contributed by atoms with Gasteiger partial charge in [-0.15, -0.1) is 0 Å². The van der Waals surface area contributed by atoms with Crippen molar-refractivity contribution in [3.05, 3.63) is 34.9 Å². The Morgan fingerprint density at radius 1 is 1.15 bits per heavy atom. The topological polar surface area (TPSA) is 59.9 Å². The van der Waals surface area contributed by atoms with Crippen LogP contribution in [0.15, 0.2) is 18.2 Å². The standard InChI is InChI=1S/C12H11ClI2N4O/c1-20-9-3-2-7(4-8(9)13)16-12-18-10(5-14)17-11(6-15)19-12/h2-4H,5-6H2,1H3,(H,16,17,18,19). The van der Waals surface area contributed by atoms with Gasteiger partial charge in [-0.2, -0.15) is 9.97 Å². The van der Waals surface area contributed by atoms with Crippen molar-refractivity contribution in [2.75, 3.05) is 12.4 Å². The number of rotatable bonds is 5. The maximum atomic E-state index is 6.09. The van der Waals surface area contributed by atoms with E-state index in [0.29, 0.717) is 16.7 Å². The van der Waals surface area contributed by atoms with Crippen LogP contribution in [0.4, 0.5) is 11.6 Å². The van der Waals surface area contributed by atoms with Crippen molar-refractivity contribution in [3.8, 4) is 5.75 Å². The number of nitrogens with one attached hydrogen (secondary N) is 1. The fourth-order valence-electron chi connectivity index (χ4n) is 1.52. The van der Waals surface area contributed by atoms with Crippen molar-refractivity contribution in [2.45, 2.75) is 8.86 Å². The molecule has 0 saturated carbocycles. The van der Waals surface area contributed by atoms with Crippen LogP contribution in [0.5, 0.6) is 5.75 Å². The molecule has 2 rings (SSSR count). The molecule has 0 aliphatic carbocycles. The van der Waals surface area contributed by atoms with E-state index >= 15 is 0 Å². The van der Waals surface area contributed by atoms with Crippen LogP contribution in [0.25, 0.3) is 0 Å². The van der Waals surface area contributed by atoms with Gasteiger partial charge in [0.05, 0.1) is 21.0 Å². The second kappa shape index (κ2) is 7.55. The number of halogens is 3. The molecule has 1 aromatic carbocycles. The third kappa shape index (κ3) is 4.04. The normalized spacial score (nSPS) is 10.4. The lowest BCUT2D eigenvalue weighted by molar-refractivity contribution is 0.415. The summed E-state index contributed by atoms with van der Waals surface area (Å²) in [7, 11) is 1.58. The number of methoxy groups -OCH3 is 1. The highest BCUT2D eigenvalue weighted by Gasteiger charge is 2.07. The molecule has 0 spiro atoms. The highest BCUT2D eigenvalue weighted by Crippen LogP contribution is 2.28. The Balaban J connectivity index is 2.27. The van der Waals surface area contributed by atoms with E-state index < -0.39 is 0 Å². The number of alkyl halides is 2. The molecule has 0 unspecified atom stereocenters. The van der Waals surface area contributed by atoms with Gasteiger partial charge in [0.1, 0.15) is 17.4 Å². The van der Waals surface area contributed by atoms with Crippen molar-refractivity contribution in [2.24, 2.45) is 0 Å². The van der Waals surface area contributed by atoms with Crippen molar-refractivity contribution < 1.29 is 4.74 Å². The lowest BCUT2D eigenvalue weighted by Crippen LogP contribution is -2.05. The molecule has 0 bridgehead atoms. The summed E-state index contributed by atoms with van der Waals surface area (Å²) >= 11 is 10.5. The zero-order valence-electron chi connectivity index (χ0n) is 10.5. The number of nitrogens with zero attached hydrogens (tertiary/aromatic N) is 3. The van der Waals surface area contributed by atoms with Crippen molar-refractivity contribution in [3.63, 3.8) is 0 Å². The van der Waals surface area contributed by atoms with Crippen LogP contribution in [-0.4, -0.2) is 22.1 Å². The molecule has 0 amide bonds. The Bertz CT molecular complexity index is 590. The highest BCUT2D eigenvalue weighted by molar-refractivity contribution is 14.1. The fraction of sp³-hybridized carbons (Fsp3) is 0.250. The van der Waals surface area contributed by atoms with Gasteiger partial charge in [-0.1, -0.05) is 56.8 Å². The molecule has 0 saturated heterocycles. The van der Waals surface area contributed by atoms with E-state index in [1.165, 1.54) is 0 Å². The first-order valence-corrected chi connectivity index (χ1v) is 9.05. The van der Waals surface area contributed by atoms with Gasteiger partial charge < -0.3 is 10.1 Å². The minimum Gasteiger partial charge on any atom is -0.495 e. The molecule has 0 aliphatic heterocycles. The summed E-state index contributed by atoms with van der Waals surface area (Å²) in [6, 6.07) is 5.43. The van der Waals surface area contributed by atoms with Crippen LogP contribution < -0.4 is 10.1 Å². The molecular weight excluding hydrogens is 505 g/mol. The first-order valence-electron chi connectivity index (χ1n) is 5.62. The zero-order valence-corrected chi connectivity index (χ0v) is 15.6. The highest BCUT2D eigenvalue weighted by atomic mass is 127. The summed E-state index contributed by atoms with van der Waals surface area (Å²) in [5.74, 6) is 2.68. The second-order valence-electron chi connectivity index (χ2n) is 3.73. The third-order valence-electron chi connectivity index (χ3n) is 2.38. The Kier molecular flexibility index (Phi) is 6.02. The van der Waals surface area contributed by atoms with Gasteiger partial charge in [-0.25, -0.2) is 4.98 Å². The Morgan fingerprint density at radius 3 is 2.30 bits per heavy atom. The maximum absolute atomic E-state index is 6.09. The summed E-state index contributed by atoms with van der Waals surface area (Å²) in [6.45, 7) is 0. The minimum absolute atomic E-state index is 0.527. The summed E-state index contributed by atoms with van der Waals surface area (Å²) in [5, 5.41) is 3.67. The predicted octanol–water partition coefficient (Wildman–Crippen LogP) is 4.15. The van der Waals surface area contributed by atoms with Gasteiger partial charge in [-0.05, 0) is 18.2 Å². The van der Waals surface area contributed by atoms with E-state index in [4.69, 9.17) is 16.3 Å². The molecule has 2 aromatic rings. The van der Waals surface area contributed by atoms with E-state index in [0.717, 1.165) is 26.2 Å². The largest absolute Gasteiger partial charge is 0.495 e. The Morgan fingerprint density at radius 2 is 1.80 bits per heavy atom. The summed E-state index contributed by atoms with van der Waals surface area (Å²) in [5.41, 5.74) is 0.806. The molecule has 0 aliphatic rings. The molecule has 106 valence electrons. The fourth-order valence-corrected chi connectivity index (χ4v) is 2.46. The first-order chi connectivity index (χ1) is 9.66. The third-order valence-corrected chi connectivity index (χ3v) is 4.03. The number of benzene rings is 1. The van der Waals surface area contributed by atoms with E-state index in [1.807, 2.05) is 6.07 Å². The van der Waals surface area contributed by atoms with E-state index in [9.17, 15) is 0 Å². The minimum atomic E-state index is 0.527. The number of hydrogen-bond donors (Lipinski definition) is 1. The Hall–Kier alpha value is -0.420. The number of anilines is 2. The summed E-state index contributed by atoms with van der Waals surface area (Å²) < 4.78 is 6.60. The Labute approximate surface area is 149 Å². The molecule has 0 radical (unpaired) electrons. The smallest absolute Gasteiger partial charge is 0.230 e. The van der Waals surface area contributed by atoms with Crippen LogP contribution in [0.2, 0.25) is 5.02 Å². The summed E-state index contributed by atoms with van der Waals surface area (Å²) in [6.07, 6.45) is 0. The average molecular weight is 517 g/mol. The molecule has 0 atom stereocenters. The van der Waals surface area contributed by atoms with Gasteiger partial charge in [0, 0.05) is 5.69 Å². The van der Waals surface area contributed by atoms with E-state index in [2.05, 4.69) is 65.5 Å². The van der Waals surface area contributed by atoms with Gasteiger partial charge in [0.2, 0.25) is 5.95 Å². The first kappa shape index (κ1) is 16.0. The maximum Gasteiger partial charge on any atom is 0.230 e. The van der Waals surface area contributed by atoms with Crippen molar-refractivity contribution in [1.29, 1.82) is 0 Å². The van der Waals surface area contributed by atoms with Crippen LogP contribution in [0, 0.1) is 0 Å². The van der Waals surface area contributed by atoms with E-state index in [-0.39, 0.29) is 0 Å². The van der Waals surface area contributed by atoms with Gasteiger partial charge in [-0.3, -0.25) is 0 Å². The molecule has 1 heterocycles. The van der Waals surface area contributed by atoms with Gasteiger partial charge in [0.15, 0.2) is 0 Å². The van der Waals surface area contributed by atoms with Crippen molar-refractivity contribution >= 4 is 68.4 Å². The average Bonchev–Trinajstić information content (AvgIpc) is 2.47. The SMILES string of the molecule is COc1ccc(Nc2nc(CI)nc(CI)n2)cc1Cl. The van der Waals surface area contributed by atoms with Crippen LogP contribution in [0.3, 0.4) is 0 Å². The molecular formula is C12H11ClI2N4O. The second-order valence-corrected chi connectivity index (χ2v) is 5.67. The lowest BCUT2D eigenvalue weighted by atomic mass is 10.3. The quantitative estimate of drug-likeness (QED) is 0.478. The summed E-state index contributed by atoms with van der Waals surface area (Å²) in [4.78, 5) is 13.0. The van der Waals surface area contributed by atoms with Crippen molar-refractivity contribution in [1.82, 2.24) is 15.0 Å². The van der Waals surface area contributed by atoms with Crippen LogP contribution >= 0.6 is 56.8 Å². The molecule has 8 heteroatoms. The molecule has 1 aromatic heterocycles. The predicted molar refractivity (Wildman–Crippen MR) is 96.6 cm³/mol. The number of ether oxygens (including phenoxy) is 1. The molecule has 20 heavy (non-hydrogen) atoms. The number of hydrogen-bond acceptors (Lipinski definition) is 5. The van der Waals surface area contributed by atoms with Gasteiger partial charge in [0.25, 0.3) is 0 Å². The number of aromatic nitrogens is 3. The lowest BCUT2D eigenvalue weighted by Gasteiger charge is -2.09. The monoisotopic (exact) mass is 516 g/mol. The van der Waals surface area contributed by atoms with E-state index in [1.54, 1.807) is 19.2 Å². The van der Waals surface area contributed by atoms with Crippen LogP contribution in [-0.2, 0) is 8.86 Å². The molecule has 5 nitrogen and oxygen atoms in total. The van der Waals surface area contributed by atoms with Crippen LogP contribution in [0.1, 0.15) is 11.6 Å².